The molecule has 15 heteroatoms. The topological polar surface area (TPSA) is 157 Å². The van der Waals surface area contributed by atoms with Gasteiger partial charge in [-0.1, -0.05) is 6.92 Å². The van der Waals surface area contributed by atoms with Gasteiger partial charge in [0.1, 0.15) is 6.04 Å². The summed E-state index contributed by atoms with van der Waals surface area (Å²) in [4.78, 5) is 54.0. The predicted octanol–water partition coefficient (Wildman–Crippen LogP) is 3.32. The molecule has 2 aliphatic carbocycles. The first-order valence-electron chi connectivity index (χ1n) is 18.0. The molecule has 1 aromatic carbocycles. The fraction of sp³-hybridized carbons (Fsp3) is 0.556. The first-order chi connectivity index (χ1) is 24.5. The molecule has 4 fully saturated rings. The number of piperidine rings is 3. The summed E-state index contributed by atoms with van der Waals surface area (Å²) in [5, 5.41) is 19.4. The van der Waals surface area contributed by atoms with Crippen LogP contribution in [-0.2, 0) is 22.4 Å². The molecule has 0 spiro atoms. The highest BCUT2D eigenvalue weighted by Crippen LogP contribution is 2.70. The van der Waals surface area contributed by atoms with Crippen molar-refractivity contribution in [3.63, 3.8) is 0 Å². The number of likely N-dealkylation sites (tertiary alicyclic amines) is 1. The molecule has 3 aliphatic heterocycles. The second-order valence-electron chi connectivity index (χ2n) is 15.2. The normalized spacial score (nSPS) is 26.6. The number of hydrogen-bond donors (Lipinski definition) is 4. The van der Waals surface area contributed by atoms with Gasteiger partial charge in [-0.3, -0.25) is 34.3 Å². The summed E-state index contributed by atoms with van der Waals surface area (Å²) in [6.45, 7) is 6.49. The number of halogens is 2. The minimum atomic E-state index is -2.71. The van der Waals surface area contributed by atoms with Gasteiger partial charge in [-0.15, -0.1) is 0 Å². The SMILES string of the molecule is C[C@@]12Cc3[nH]nc(C(=O)Nc4cnn(C5CCN(CC6CCN(c7ccc(C(=O)N[C@@H]8CCC(=O)NC8=O)cc7)CC6)CC5)c4)c3C[C@@H]1C2(F)F. The molecule has 0 radical (unpaired) electrons. The summed E-state index contributed by atoms with van der Waals surface area (Å²) < 4.78 is 30.6. The Hall–Kier alpha value is -4.66. The zero-order valence-corrected chi connectivity index (χ0v) is 28.6. The summed E-state index contributed by atoms with van der Waals surface area (Å²) >= 11 is 0. The molecule has 4 N–H and O–H groups in total. The number of rotatable bonds is 8. The van der Waals surface area contributed by atoms with Crippen molar-refractivity contribution in [1.29, 1.82) is 0 Å². The van der Waals surface area contributed by atoms with Crippen molar-refractivity contribution in [2.24, 2.45) is 17.3 Å². The number of anilines is 2. The number of benzene rings is 1. The predicted molar refractivity (Wildman–Crippen MR) is 182 cm³/mol. The van der Waals surface area contributed by atoms with E-state index in [9.17, 15) is 28.0 Å². The minimum absolute atomic E-state index is 0.154. The Kier molecular flexibility index (Phi) is 8.43. The van der Waals surface area contributed by atoms with Crippen LogP contribution in [0.4, 0.5) is 20.2 Å². The Balaban J connectivity index is 0.767. The van der Waals surface area contributed by atoms with Crippen molar-refractivity contribution < 1.29 is 28.0 Å². The van der Waals surface area contributed by atoms with Gasteiger partial charge in [-0.25, -0.2) is 8.78 Å². The highest BCUT2D eigenvalue weighted by molar-refractivity contribution is 6.04. The number of carbonyl (C=O) groups is 4. The number of fused-ring (bicyclic) bond motifs is 2. The smallest absolute Gasteiger partial charge is 0.276 e. The van der Waals surface area contributed by atoms with Gasteiger partial charge in [-0.05, 0) is 68.7 Å². The summed E-state index contributed by atoms with van der Waals surface area (Å²) in [5.41, 5.74) is 2.49. The van der Waals surface area contributed by atoms with E-state index in [1.165, 1.54) is 0 Å². The second-order valence-corrected chi connectivity index (χ2v) is 15.2. The Bertz CT molecular complexity index is 1840. The number of alkyl halides is 2. The maximum absolute atomic E-state index is 14.3. The maximum atomic E-state index is 14.3. The molecule has 0 bridgehead atoms. The minimum Gasteiger partial charge on any atom is -0.372 e. The van der Waals surface area contributed by atoms with Crippen molar-refractivity contribution in [2.45, 2.75) is 76.3 Å². The van der Waals surface area contributed by atoms with Crippen LogP contribution in [-0.4, -0.2) is 93.2 Å². The van der Waals surface area contributed by atoms with Crippen molar-refractivity contribution in [2.75, 3.05) is 42.9 Å². The van der Waals surface area contributed by atoms with E-state index in [-0.39, 0.29) is 42.8 Å². The quantitative estimate of drug-likeness (QED) is 0.261. The number of amides is 4. The molecule has 5 heterocycles. The standard InChI is InChI=1S/C36H43F2N9O4/c1-35-17-28-26(16-29(35)36(35,37)38)31(44-43-28)34(51)40-23-18-39-47(20-23)25-10-12-45(13-11-25)19-21-8-14-46(15-9-21)24-4-2-22(3-5-24)32(49)41-27-6-7-30(48)42-33(27)50/h2-5,18,20-21,25,27,29H,6-17,19H2,1H3,(H,40,51)(H,41,49)(H,43,44)(H,42,48,50)/t27-,29+,35-/m1/s1. The van der Waals surface area contributed by atoms with Crippen LogP contribution < -0.4 is 20.9 Å². The first kappa shape index (κ1) is 33.5. The summed E-state index contributed by atoms with van der Waals surface area (Å²) in [7, 11) is 0. The number of carbonyl (C=O) groups excluding carboxylic acids is 4. The highest BCUT2D eigenvalue weighted by Gasteiger charge is 2.78. The average molecular weight is 704 g/mol. The third-order valence-electron chi connectivity index (χ3n) is 12.0. The van der Waals surface area contributed by atoms with E-state index in [2.05, 4.69) is 41.0 Å². The van der Waals surface area contributed by atoms with Gasteiger partial charge in [0.05, 0.1) is 17.9 Å². The Labute approximate surface area is 293 Å². The van der Waals surface area contributed by atoms with E-state index in [1.54, 1.807) is 25.3 Å². The van der Waals surface area contributed by atoms with E-state index < -0.39 is 35.1 Å². The third-order valence-corrected chi connectivity index (χ3v) is 12.0. The summed E-state index contributed by atoms with van der Waals surface area (Å²) in [5.74, 6) is -4.36. The molecule has 51 heavy (non-hydrogen) atoms. The molecule has 8 rings (SSSR count). The Morgan fingerprint density at radius 2 is 1.75 bits per heavy atom. The summed E-state index contributed by atoms with van der Waals surface area (Å²) in [6.07, 6.45) is 8.43. The van der Waals surface area contributed by atoms with Crippen LogP contribution in [0.5, 0.6) is 0 Å². The van der Waals surface area contributed by atoms with Crippen molar-refractivity contribution in [3.8, 4) is 0 Å². The average Bonchev–Trinajstić information content (AvgIpc) is 3.54. The molecular formula is C36H43F2N9O4. The summed E-state index contributed by atoms with van der Waals surface area (Å²) in [6, 6.07) is 7.00. The molecule has 270 valence electrons. The van der Waals surface area contributed by atoms with Gasteiger partial charge in [0.15, 0.2) is 5.69 Å². The lowest BCUT2D eigenvalue weighted by Crippen LogP contribution is -2.52. The fourth-order valence-electron chi connectivity index (χ4n) is 8.59. The third kappa shape index (κ3) is 6.29. The van der Waals surface area contributed by atoms with Gasteiger partial charge >= 0.3 is 0 Å². The number of aromatic amines is 1. The molecule has 3 atom stereocenters. The molecule has 3 aromatic rings. The Morgan fingerprint density at radius 1 is 1.00 bits per heavy atom. The number of imide groups is 1. The van der Waals surface area contributed by atoms with E-state index in [1.807, 2.05) is 23.0 Å². The van der Waals surface area contributed by atoms with Crippen LogP contribution in [0.3, 0.4) is 0 Å². The van der Waals surface area contributed by atoms with Crippen molar-refractivity contribution in [1.82, 2.24) is 35.5 Å². The lowest BCUT2D eigenvalue weighted by atomic mass is 9.87. The van der Waals surface area contributed by atoms with Crippen LogP contribution in [0.2, 0.25) is 0 Å². The van der Waals surface area contributed by atoms with E-state index in [0.717, 1.165) is 64.1 Å². The van der Waals surface area contributed by atoms with Crippen LogP contribution >= 0.6 is 0 Å². The largest absolute Gasteiger partial charge is 0.372 e. The number of nitrogens with zero attached hydrogens (tertiary/aromatic N) is 5. The molecule has 13 nitrogen and oxygen atoms in total. The zero-order valence-electron chi connectivity index (χ0n) is 28.6. The van der Waals surface area contributed by atoms with Gasteiger partial charge < -0.3 is 20.4 Å². The molecule has 0 unspecified atom stereocenters. The number of H-pyrrole nitrogens is 1. The van der Waals surface area contributed by atoms with Crippen LogP contribution in [0.25, 0.3) is 0 Å². The van der Waals surface area contributed by atoms with Gasteiger partial charge in [0.25, 0.3) is 17.7 Å². The molecule has 3 saturated heterocycles. The highest BCUT2D eigenvalue weighted by atomic mass is 19.3. The lowest BCUT2D eigenvalue weighted by Gasteiger charge is -2.38. The molecular weight excluding hydrogens is 660 g/mol. The second kappa shape index (κ2) is 12.8. The number of hydrogen-bond acceptors (Lipinski definition) is 8. The zero-order chi connectivity index (χ0) is 35.5. The first-order valence-corrected chi connectivity index (χ1v) is 18.0. The van der Waals surface area contributed by atoms with Crippen LogP contribution in [0.15, 0.2) is 36.7 Å². The van der Waals surface area contributed by atoms with E-state index in [4.69, 9.17) is 0 Å². The van der Waals surface area contributed by atoms with Crippen LogP contribution in [0.1, 0.15) is 83.6 Å². The van der Waals surface area contributed by atoms with E-state index >= 15 is 0 Å². The number of aromatic nitrogens is 4. The number of nitrogens with one attached hydrogen (secondary N) is 4. The van der Waals surface area contributed by atoms with Gasteiger partial charge in [0.2, 0.25) is 11.8 Å². The molecule has 1 saturated carbocycles. The van der Waals surface area contributed by atoms with Crippen molar-refractivity contribution >= 4 is 35.0 Å². The van der Waals surface area contributed by atoms with Gasteiger partial charge in [-0.2, -0.15) is 10.2 Å². The molecule has 2 aromatic heterocycles. The lowest BCUT2D eigenvalue weighted by molar-refractivity contribution is -0.134. The fourth-order valence-corrected chi connectivity index (χ4v) is 8.59. The van der Waals surface area contributed by atoms with Crippen LogP contribution in [0, 0.1) is 17.3 Å². The maximum Gasteiger partial charge on any atom is 0.276 e. The van der Waals surface area contributed by atoms with Crippen molar-refractivity contribution in [3.05, 3.63) is 59.2 Å². The van der Waals surface area contributed by atoms with E-state index in [0.29, 0.717) is 34.8 Å². The molecule has 4 amide bonds. The monoisotopic (exact) mass is 703 g/mol. The Morgan fingerprint density at radius 3 is 2.47 bits per heavy atom. The molecule has 5 aliphatic rings. The van der Waals surface area contributed by atoms with Gasteiger partial charge in [0, 0.05) is 85.6 Å².